The molecule has 17 heavy (non-hydrogen) atoms. The molecule has 2 rings (SSSR count). The van der Waals surface area contributed by atoms with E-state index in [1.54, 1.807) is 11.7 Å². The number of rotatable bonds is 3. The van der Waals surface area contributed by atoms with Gasteiger partial charge in [0.05, 0.1) is 13.2 Å². The molecule has 90 valence electrons. The average Bonchev–Trinajstić information content (AvgIpc) is 2.68. The number of benzene rings is 1. The molecule has 1 aromatic heterocycles. The van der Waals surface area contributed by atoms with Crippen LogP contribution in [-0.4, -0.2) is 21.9 Å². The molecule has 0 spiro atoms. The van der Waals surface area contributed by atoms with E-state index in [2.05, 4.69) is 10.2 Å². The summed E-state index contributed by atoms with van der Waals surface area (Å²) in [5.74, 6) is 1.21. The number of nitrogen functional groups attached to an aromatic ring is 1. The van der Waals surface area contributed by atoms with Crippen molar-refractivity contribution in [1.82, 2.24) is 14.8 Å². The Morgan fingerprint density at radius 2 is 2.06 bits per heavy atom. The highest BCUT2D eigenvalue weighted by atomic mass is 32.1. The molecule has 3 N–H and O–H groups in total. The van der Waals surface area contributed by atoms with Crippen LogP contribution in [0.5, 0.6) is 5.75 Å². The van der Waals surface area contributed by atoms with E-state index < -0.39 is 0 Å². The van der Waals surface area contributed by atoms with Gasteiger partial charge in [0, 0.05) is 0 Å². The van der Waals surface area contributed by atoms with Crippen LogP contribution in [0.3, 0.4) is 0 Å². The van der Waals surface area contributed by atoms with Crippen molar-refractivity contribution in [2.24, 2.45) is 0 Å². The summed E-state index contributed by atoms with van der Waals surface area (Å²) in [4.78, 5) is 0. The lowest BCUT2D eigenvalue weighted by atomic mass is 10.1. The molecule has 5 nitrogen and oxygen atoms in total. The molecule has 0 bridgehead atoms. The van der Waals surface area contributed by atoms with Gasteiger partial charge in [0.2, 0.25) is 5.95 Å². The van der Waals surface area contributed by atoms with Crippen molar-refractivity contribution in [3.63, 3.8) is 0 Å². The molecule has 0 fully saturated rings. The average molecular weight is 250 g/mol. The van der Waals surface area contributed by atoms with Crippen LogP contribution < -0.4 is 10.5 Å². The SMILES string of the molecule is COc1ccc(C(C)n2c(N)n[nH]c2=S)cc1. The number of hydrogen-bond donors (Lipinski definition) is 2. The minimum Gasteiger partial charge on any atom is -0.497 e. The number of methoxy groups -OCH3 is 1. The van der Waals surface area contributed by atoms with Gasteiger partial charge in [-0.05, 0) is 36.8 Å². The Morgan fingerprint density at radius 1 is 1.41 bits per heavy atom. The third kappa shape index (κ3) is 2.16. The monoisotopic (exact) mass is 250 g/mol. The lowest BCUT2D eigenvalue weighted by Crippen LogP contribution is -2.10. The predicted molar refractivity (Wildman–Crippen MR) is 68.6 cm³/mol. The topological polar surface area (TPSA) is 68.9 Å². The van der Waals surface area contributed by atoms with Crippen LogP contribution in [0.2, 0.25) is 0 Å². The van der Waals surface area contributed by atoms with Gasteiger partial charge < -0.3 is 10.5 Å². The molecule has 0 saturated carbocycles. The largest absolute Gasteiger partial charge is 0.497 e. The third-order valence-electron chi connectivity index (χ3n) is 2.72. The van der Waals surface area contributed by atoms with E-state index in [1.807, 2.05) is 31.2 Å². The Bertz CT molecular complexity index is 558. The van der Waals surface area contributed by atoms with Gasteiger partial charge in [0.15, 0.2) is 4.77 Å². The lowest BCUT2D eigenvalue weighted by molar-refractivity contribution is 0.414. The van der Waals surface area contributed by atoms with Crippen LogP contribution in [0.4, 0.5) is 5.95 Å². The summed E-state index contributed by atoms with van der Waals surface area (Å²) in [7, 11) is 1.64. The minimum absolute atomic E-state index is 0.0344. The maximum absolute atomic E-state index is 5.76. The van der Waals surface area contributed by atoms with Crippen LogP contribution in [-0.2, 0) is 0 Å². The first kappa shape index (κ1) is 11.7. The minimum atomic E-state index is 0.0344. The van der Waals surface area contributed by atoms with E-state index in [0.717, 1.165) is 11.3 Å². The molecule has 1 unspecified atom stereocenters. The molecule has 2 aromatic rings. The molecule has 0 aliphatic carbocycles. The number of aromatic amines is 1. The summed E-state index contributed by atoms with van der Waals surface area (Å²) in [5, 5.41) is 6.57. The fraction of sp³-hybridized carbons (Fsp3) is 0.273. The van der Waals surface area contributed by atoms with Crippen molar-refractivity contribution < 1.29 is 4.74 Å². The zero-order chi connectivity index (χ0) is 12.4. The number of nitrogens with zero attached hydrogens (tertiary/aromatic N) is 2. The molecule has 6 heteroatoms. The Kier molecular flexibility index (Phi) is 3.14. The molecule has 0 aliphatic heterocycles. The summed E-state index contributed by atoms with van der Waals surface area (Å²) < 4.78 is 7.41. The van der Waals surface area contributed by atoms with E-state index in [4.69, 9.17) is 22.7 Å². The molecule has 0 amide bonds. The highest BCUT2D eigenvalue weighted by Crippen LogP contribution is 2.22. The highest BCUT2D eigenvalue weighted by Gasteiger charge is 2.12. The Balaban J connectivity index is 2.37. The van der Waals surface area contributed by atoms with E-state index in [0.29, 0.717) is 10.7 Å². The molecule has 1 atom stereocenters. The molecular formula is C11H14N4OS. The van der Waals surface area contributed by atoms with Crippen molar-refractivity contribution >= 4 is 18.2 Å². The van der Waals surface area contributed by atoms with Gasteiger partial charge in [-0.2, -0.15) is 0 Å². The van der Waals surface area contributed by atoms with E-state index in [1.165, 1.54) is 0 Å². The van der Waals surface area contributed by atoms with Crippen molar-refractivity contribution in [3.8, 4) is 5.75 Å². The molecular weight excluding hydrogens is 236 g/mol. The predicted octanol–water partition coefficient (Wildman–Crippen LogP) is 2.14. The second kappa shape index (κ2) is 4.58. The van der Waals surface area contributed by atoms with Gasteiger partial charge in [-0.15, -0.1) is 5.10 Å². The molecule has 1 aromatic carbocycles. The summed E-state index contributed by atoms with van der Waals surface area (Å²) in [6.07, 6.45) is 0. The normalized spacial score (nSPS) is 12.4. The quantitative estimate of drug-likeness (QED) is 0.819. The number of nitrogens with two attached hydrogens (primary N) is 1. The first-order valence-electron chi connectivity index (χ1n) is 5.20. The highest BCUT2D eigenvalue weighted by molar-refractivity contribution is 7.71. The number of aromatic nitrogens is 3. The Hall–Kier alpha value is -1.82. The van der Waals surface area contributed by atoms with Crippen molar-refractivity contribution in [2.45, 2.75) is 13.0 Å². The van der Waals surface area contributed by atoms with Crippen molar-refractivity contribution in [3.05, 3.63) is 34.6 Å². The van der Waals surface area contributed by atoms with Gasteiger partial charge in [0.25, 0.3) is 0 Å². The fourth-order valence-corrected chi connectivity index (χ4v) is 2.02. The standard InChI is InChI=1S/C11H14N4OS/c1-7(15-10(12)13-14-11(15)17)8-3-5-9(16-2)6-4-8/h3-7H,1-2H3,(H2,12,13)(H,14,17). The van der Waals surface area contributed by atoms with Crippen LogP contribution in [0, 0.1) is 4.77 Å². The number of nitrogens with one attached hydrogen (secondary N) is 1. The number of H-pyrrole nitrogens is 1. The summed E-state index contributed by atoms with van der Waals surface area (Å²) in [5.41, 5.74) is 6.86. The van der Waals surface area contributed by atoms with E-state index in [9.17, 15) is 0 Å². The van der Waals surface area contributed by atoms with Crippen LogP contribution >= 0.6 is 12.2 Å². The summed E-state index contributed by atoms with van der Waals surface area (Å²) in [6.45, 7) is 2.02. The molecule has 0 radical (unpaired) electrons. The maximum atomic E-state index is 5.76. The van der Waals surface area contributed by atoms with Gasteiger partial charge in [-0.3, -0.25) is 4.57 Å². The third-order valence-corrected chi connectivity index (χ3v) is 3.01. The van der Waals surface area contributed by atoms with Gasteiger partial charge >= 0.3 is 0 Å². The van der Waals surface area contributed by atoms with Crippen LogP contribution in [0.25, 0.3) is 0 Å². The zero-order valence-electron chi connectivity index (χ0n) is 9.68. The summed E-state index contributed by atoms with van der Waals surface area (Å²) >= 11 is 5.14. The lowest BCUT2D eigenvalue weighted by Gasteiger charge is -2.14. The van der Waals surface area contributed by atoms with E-state index in [-0.39, 0.29) is 6.04 Å². The molecule has 0 saturated heterocycles. The first-order valence-corrected chi connectivity index (χ1v) is 5.60. The Labute approximate surface area is 104 Å². The van der Waals surface area contributed by atoms with E-state index >= 15 is 0 Å². The maximum Gasteiger partial charge on any atom is 0.221 e. The first-order chi connectivity index (χ1) is 8.13. The Morgan fingerprint density at radius 3 is 2.53 bits per heavy atom. The fourth-order valence-electron chi connectivity index (χ4n) is 1.72. The van der Waals surface area contributed by atoms with Crippen LogP contribution in [0.1, 0.15) is 18.5 Å². The molecule has 0 aliphatic rings. The van der Waals surface area contributed by atoms with Crippen LogP contribution in [0.15, 0.2) is 24.3 Å². The molecule has 1 heterocycles. The van der Waals surface area contributed by atoms with Gasteiger partial charge in [-0.25, -0.2) is 5.10 Å². The smallest absolute Gasteiger partial charge is 0.221 e. The second-order valence-corrected chi connectivity index (χ2v) is 4.09. The number of anilines is 1. The van der Waals surface area contributed by atoms with Gasteiger partial charge in [0.1, 0.15) is 5.75 Å². The van der Waals surface area contributed by atoms with Gasteiger partial charge in [-0.1, -0.05) is 12.1 Å². The zero-order valence-corrected chi connectivity index (χ0v) is 10.5. The number of ether oxygens (including phenoxy) is 1. The van der Waals surface area contributed by atoms with Crippen molar-refractivity contribution in [1.29, 1.82) is 0 Å². The summed E-state index contributed by atoms with van der Waals surface area (Å²) in [6, 6.07) is 7.82. The second-order valence-electron chi connectivity index (χ2n) is 3.71. The number of hydrogen-bond acceptors (Lipinski definition) is 4. The van der Waals surface area contributed by atoms with Crippen molar-refractivity contribution in [2.75, 3.05) is 12.8 Å².